The highest BCUT2D eigenvalue weighted by molar-refractivity contribution is 6.31. The molecule has 0 radical (unpaired) electrons. The fourth-order valence-corrected chi connectivity index (χ4v) is 2.70. The average Bonchev–Trinajstić information content (AvgIpc) is 2.76. The molecule has 0 saturated carbocycles. The summed E-state index contributed by atoms with van der Waals surface area (Å²) >= 11 is 6.17. The zero-order valence-corrected chi connectivity index (χ0v) is 10.9. The number of fused-ring (bicyclic) bond motifs is 1. The highest BCUT2D eigenvalue weighted by Gasteiger charge is 2.19. The molecule has 1 unspecified atom stereocenters. The maximum atomic E-state index is 6.17. The number of hydrogen-bond donors (Lipinski definition) is 1. The zero-order chi connectivity index (χ0) is 12.5. The SMILES string of the molecule is NC1CCCn2cc(Cc3ccccc3Cl)nc21. The molecule has 3 nitrogen and oxygen atoms in total. The predicted octanol–water partition coefficient (Wildman–Crippen LogP) is 2.92. The van der Waals surface area contributed by atoms with E-state index in [9.17, 15) is 0 Å². The van der Waals surface area contributed by atoms with Crippen LogP contribution in [0.3, 0.4) is 0 Å². The largest absolute Gasteiger partial charge is 0.333 e. The number of benzene rings is 1. The number of nitrogens with zero attached hydrogens (tertiary/aromatic N) is 2. The Labute approximate surface area is 112 Å². The van der Waals surface area contributed by atoms with Crippen LogP contribution in [0.25, 0.3) is 0 Å². The first-order valence-electron chi connectivity index (χ1n) is 6.29. The van der Waals surface area contributed by atoms with Gasteiger partial charge in [0, 0.05) is 24.2 Å². The first-order valence-corrected chi connectivity index (χ1v) is 6.67. The Kier molecular flexibility index (Phi) is 3.10. The van der Waals surface area contributed by atoms with Gasteiger partial charge < -0.3 is 10.3 Å². The molecule has 18 heavy (non-hydrogen) atoms. The van der Waals surface area contributed by atoms with Crippen molar-refractivity contribution in [2.75, 3.05) is 0 Å². The second kappa shape index (κ2) is 4.75. The molecule has 0 fully saturated rings. The molecule has 1 aliphatic rings. The van der Waals surface area contributed by atoms with E-state index >= 15 is 0 Å². The van der Waals surface area contributed by atoms with Crippen molar-refractivity contribution < 1.29 is 0 Å². The summed E-state index contributed by atoms with van der Waals surface area (Å²) in [4.78, 5) is 4.65. The summed E-state index contributed by atoms with van der Waals surface area (Å²) in [5, 5.41) is 0.799. The van der Waals surface area contributed by atoms with Crippen LogP contribution in [0.2, 0.25) is 5.02 Å². The van der Waals surface area contributed by atoms with Crippen molar-refractivity contribution in [3.63, 3.8) is 0 Å². The Morgan fingerprint density at radius 3 is 3.00 bits per heavy atom. The minimum absolute atomic E-state index is 0.0822. The fourth-order valence-electron chi connectivity index (χ4n) is 2.49. The third-order valence-electron chi connectivity index (χ3n) is 3.43. The number of hydrogen-bond acceptors (Lipinski definition) is 2. The van der Waals surface area contributed by atoms with Crippen LogP contribution in [0.4, 0.5) is 0 Å². The molecule has 2 aromatic rings. The van der Waals surface area contributed by atoms with Crippen molar-refractivity contribution in [3.05, 3.63) is 52.6 Å². The Balaban J connectivity index is 1.88. The van der Waals surface area contributed by atoms with Crippen LogP contribution in [0.1, 0.15) is 36.0 Å². The maximum absolute atomic E-state index is 6.17. The molecule has 0 aliphatic carbocycles. The molecule has 2 N–H and O–H groups in total. The lowest BCUT2D eigenvalue weighted by Crippen LogP contribution is -2.21. The first kappa shape index (κ1) is 11.8. The fraction of sp³-hybridized carbons (Fsp3) is 0.357. The summed E-state index contributed by atoms with van der Waals surface area (Å²) in [5.74, 6) is 1.02. The molecule has 0 bridgehead atoms. The van der Waals surface area contributed by atoms with Gasteiger partial charge in [-0.1, -0.05) is 29.8 Å². The maximum Gasteiger partial charge on any atom is 0.125 e. The van der Waals surface area contributed by atoms with Gasteiger partial charge in [0.2, 0.25) is 0 Å². The second-order valence-corrected chi connectivity index (χ2v) is 5.21. The molecule has 0 amide bonds. The molecule has 0 saturated heterocycles. The predicted molar refractivity (Wildman–Crippen MR) is 72.6 cm³/mol. The minimum atomic E-state index is 0.0822. The number of imidazole rings is 1. The zero-order valence-electron chi connectivity index (χ0n) is 10.1. The molecule has 1 aromatic carbocycles. The smallest absolute Gasteiger partial charge is 0.125 e. The second-order valence-electron chi connectivity index (χ2n) is 4.80. The van der Waals surface area contributed by atoms with E-state index in [1.165, 1.54) is 0 Å². The summed E-state index contributed by atoms with van der Waals surface area (Å²) in [6, 6.07) is 7.99. The molecule has 1 aromatic heterocycles. The lowest BCUT2D eigenvalue weighted by molar-refractivity contribution is 0.451. The van der Waals surface area contributed by atoms with Gasteiger partial charge in [-0.25, -0.2) is 4.98 Å². The van der Waals surface area contributed by atoms with Crippen molar-refractivity contribution in [2.24, 2.45) is 5.73 Å². The molecule has 4 heteroatoms. The van der Waals surface area contributed by atoms with Crippen LogP contribution >= 0.6 is 11.6 Å². The third-order valence-corrected chi connectivity index (χ3v) is 3.80. The van der Waals surface area contributed by atoms with Gasteiger partial charge in [-0.3, -0.25) is 0 Å². The van der Waals surface area contributed by atoms with E-state index in [4.69, 9.17) is 17.3 Å². The Bertz CT molecular complexity index is 562. The summed E-state index contributed by atoms with van der Waals surface area (Å²) < 4.78 is 2.18. The number of halogens is 1. The standard InChI is InChI=1S/C14H16ClN3/c15-12-5-2-1-4-10(12)8-11-9-18-7-3-6-13(16)14(18)17-11/h1-2,4-5,9,13H,3,6-8,16H2. The van der Waals surface area contributed by atoms with E-state index in [0.29, 0.717) is 0 Å². The Morgan fingerprint density at radius 1 is 1.39 bits per heavy atom. The molecule has 2 heterocycles. The van der Waals surface area contributed by atoms with Crippen molar-refractivity contribution in [3.8, 4) is 0 Å². The monoisotopic (exact) mass is 261 g/mol. The first-order chi connectivity index (χ1) is 8.74. The molecular formula is C14H16ClN3. The molecular weight excluding hydrogens is 246 g/mol. The Morgan fingerprint density at radius 2 is 2.22 bits per heavy atom. The van der Waals surface area contributed by atoms with Crippen LogP contribution in [0.15, 0.2) is 30.5 Å². The van der Waals surface area contributed by atoms with Crippen molar-refractivity contribution in [1.29, 1.82) is 0 Å². The van der Waals surface area contributed by atoms with Crippen LogP contribution in [0.5, 0.6) is 0 Å². The van der Waals surface area contributed by atoms with Gasteiger partial charge in [-0.05, 0) is 24.5 Å². The lowest BCUT2D eigenvalue weighted by atomic mass is 10.1. The van der Waals surface area contributed by atoms with Crippen LogP contribution in [-0.2, 0) is 13.0 Å². The molecule has 1 aliphatic heterocycles. The quantitative estimate of drug-likeness (QED) is 0.903. The molecule has 94 valence electrons. The van der Waals surface area contributed by atoms with E-state index in [2.05, 4.69) is 15.7 Å². The Hall–Kier alpha value is -1.32. The summed E-state index contributed by atoms with van der Waals surface area (Å²) in [7, 11) is 0. The lowest BCUT2D eigenvalue weighted by Gasteiger charge is -2.19. The highest BCUT2D eigenvalue weighted by Crippen LogP contribution is 2.24. The van der Waals surface area contributed by atoms with Crippen molar-refractivity contribution in [2.45, 2.75) is 31.8 Å². The van der Waals surface area contributed by atoms with Crippen LogP contribution < -0.4 is 5.73 Å². The van der Waals surface area contributed by atoms with Crippen molar-refractivity contribution in [1.82, 2.24) is 9.55 Å². The van der Waals surface area contributed by atoms with Gasteiger partial charge in [0.05, 0.1) is 11.7 Å². The summed E-state index contributed by atoms with van der Waals surface area (Å²) in [6.45, 7) is 1.03. The highest BCUT2D eigenvalue weighted by atomic mass is 35.5. The number of rotatable bonds is 2. The van der Waals surface area contributed by atoms with Crippen LogP contribution in [0, 0.1) is 0 Å². The minimum Gasteiger partial charge on any atom is -0.333 e. The van der Waals surface area contributed by atoms with E-state index < -0.39 is 0 Å². The normalized spacial score (nSPS) is 18.7. The van der Waals surface area contributed by atoms with E-state index in [0.717, 1.165) is 47.9 Å². The summed E-state index contributed by atoms with van der Waals surface area (Å²) in [6.07, 6.45) is 5.04. The van der Waals surface area contributed by atoms with Gasteiger partial charge in [-0.2, -0.15) is 0 Å². The molecule has 0 spiro atoms. The van der Waals surface area contributed by atoms with E-state index in [1.807, 2.05) is 24.3 Å². The third kappa shape index (κ3) is 2.16. The van der Waals surface area contributed by atoms with Gasteiger partial charge in [0.15, 0.2) is 0 Å². The number of nitrogens with two attached hydrogens (primary N) is 1. The number of aromatic nitrogens is 2. The van der Waals surface area contributed by atoms with Crippen molar-refractivity contribution >= 4 is 11.6 Å². The van der Waals surface area contributed by atoms with Gasteiger partial charge in [0.1, 0.15) is 5.82 Å². The average molecular weight is 262 g/mol. The molecule has 3 rings (SSSR count). The van der Waals surface area contributed by atoms with Gasteiger partial charge in [0.25, 0.3) is 0 Å². The van der Waals surface area contributed by atoms with Gasteiger partial charge >= 0.3 is 0 Å². The topological polar surface area (TPSA) is 43.8 Å². The van der Waals surface area contributed by atoms with E-state index in [-0.39, 0.29) is 6.04 Å². The number of aryl methyl sites for hydroxylation is 1. The van der Waals surface area contributed by atoms with Crippen LogP contribution in [-0.4, -0.2) is 9.55 Å². The van der Waals surface area contributed by atoms with E-state index in [1.54, 1.807) is 0 Å². The molecule has 1 atom stereocenters. The summed E-state index contributed by atoms with van der Waals surface area (Å²) in [5.41, 5.74) is 8.24. The van der Waals surface area contributed by atoms with Gasteiger partial charge in [-0.15, -0.1) is 0 Å².